The van der Waals surface area contributed by atoms with E-state index in [-0.39, 0.29) is 12.0 Å². The minimum absolute atomic E-state index is 0.0771. The van der Waals surface area contributed by atoms with Gasteiger partial charge in [-0.25, -0.2) is 9.97 Å². The number of ether oxygens (including phenoxy) is 1. The van der Waals surface area contributed by atoms with Crippen LogP contribution in [0.15, 0.2) is 30.3 Å². The molecule has 0 bridgehead atoms. The second-order valence-electron chi connectivity index (χ2n) is 6.26. The van der Waals surface area contributed by atoms with E-state index in [2.05, 4.69) is 16.0 Å². The monoisotopic (exact) mass is 336 g/mol. The molecule has 3 rings (SSSR count). The van der Waals surface area contributed by atoms with Gasteiger partial charge in [-0.2, -0.15) is 5.26 Å². The lowest BCUT2D eigenvalue weighted by Crippen LogP contribution is -2.44. The first-order valence-electron chi connectivity index (χ1n) is 8.33. The van der Waals surface area contributed by atoms with Gasteiger partial charge >= 0.3 is 6.01 Å². The van der Waals surface area contributed by atoms with Crippen LogP contribution in [-0.2, 0) is 0 Å². The number of hydrogen-bond donors (Lipinski definition) is 0. The van der Waals surface area contributed by atoms with Crippen LogP contribution in [0.25, 0.3) is 0 Å². The molecule has 1 aliphatic rings. The maximum absolute atomic E-state index is 12.7. The molecule has 1 amide bonds. The minimum atomic E-state index is -0.127. The van der Waals surface area contributed by atoms with Gasteiger partial charge in [-0.05, 0) is 51.0 Å². The topological polar surface area (TPSA) is 79.1 Å². The highest BCUT2D eigenvalue weighted by Gasteiger charge is 2.26. The first-order chi connectivity index (χ1) is 12.0. The summed E-state index contributed by atoms with van der Waals surface area (Å²) in [7, 11) is 0. The van der Waals surface area contributed by atoms with Crippen LogP contribution in [-0.4, -0.2) is 40.0 Å². The van der Waals surface area contributed by atoms with Crippen LogP contribution in [0.2, 0.25) is 0 Å². The zero-order valence-electron chi connectivity index (χ0n) is 14.4. The standard InChI is InChI=1S/C19H20N4O2/c1-13-9-14(2)22-19(21-13)25-17-7-4-8-23(12-17)18(24)16-6-3-5-15(10-16)11-20/h3,5-6,9-10,17H,4,7-8,12H2,1-2H3. The molecule has 1 aromatic carbocycles. The molecule has 2 heterocycles. The predicted octanol–water partition coefficient (Wildman–Crippen LogP) is 2.65. The van der Waals surface area contributed by atoms with E-state index in [1.54, 1.807) is 29.2 Å². The van der Waals surface area contributed by atoms with Gasteiger partial charge in [0.1, 0.15) is 6.10 Å². The molecule has 1 saturated heterocycles. The summed E-state index contributed by atoms with van der Waals surface area (Å²) < 4.78 is 5.91. The number of aromatic nitrogens is 2. The van der Waals surface area contributed by atoms with Crippen molar-refractivity contribution in [1.82, 2.24) is 14.9 Å². The van der Waals surface area contributed by atoms with Crippen LogP contribution in [0.5, 0.6) is 6.01 Å². The number of carbonyl (C=O) groups excluding carboxylic acids is 1. The van der Waals surface area contributed by atoms with Crippen molar-refractivity contribution in [1.29, 1.82) is 5.26 Å². The Labute approximate surface area is 147 Å². The minimum Gasteiger partial charge on any atom is -0.458 e. The fraction of sp³-hybridized carbons (Fsp3) is 0.368. The lowest BCUT2D eigenvalue weighted by Gasteiger charge is -2.32. The molecular formula is C19H20N4O2. The Morgan fingerprint density at radius 1 is 1.28 bits per heavy atom. The van der Waals surface area contributed by atoms with Crippen molar-refractivity contribution in [2.45, 2.75) is 32.8 Å². The third-order valence-electron chi connectivity index (χ3n) is 4.14. The van der Waals surface area contributed by atoms with Crippen molar-refractivity contribution in [2.24, 2.45) is 0 Å². The first kappa shape index (κ1) is 16.9. The van der Waals surface area contributed by atoms with Crippen molar-refractivity contribution >= 4 is 5.91 Å². The molecule has 128 valence electrons. The summed E-state index contributed by atoms with van der Waals surface area (Å²) >= 11 is 0. The fourth-order valence-electron chi connectivity index (χ4n) is 3.02. The highest BCUT2D eigenvalue weighted by molar-refractivity contribution is 5.94. The van der Waals surface area contributed by atoms with Gasteiger partial charge < -0.3 is 9.64 Å². The lowest BCUT2D eigenvalue weighted by atomic mass is 10.1. The van der Waals surface area contributed by atoms with Gasteiger partial charge in [0.2, 0.25) is 0 Å². The second-order valence-corrected chi connectivity index (χ2v) is 6.26. The maximum Gasteiger partial charge on any atom is 0.317 e. The van der Waals surface area contributed by atoms with Crippen LogP contribution in [0, 0.1) is 25.2 Å². The van der Waals surface area contributed by atoms with Crippen LogP contribution in [0.4, 0.5) is 0 Å². The van der Waals surface area contributed by atoms with E-state index in [4.69, 9.17) is 10.00 Å². The van der Waals surface area contributed by atoms with Gasteiger partial charge in [0.05, 0.1) is 18.2 Å². The third-order valence-corrected chi connectivity index (χ3v) is 4.14. The van der Waals surface area contributed by atoms with Crippen molar-refractivity contribution in [3.05, 3.63) is 52.8 Å². The smallest absolute Gasteiger partial charge is 0.317 e. The largest absolute Gasteiger partial charge is 0.458 e. The quantitative estimate of drug-likeness (QED) is 0.861. The molecule has 6 heteroatoms. The Kier molecular flexibility index (Phi) is 4.94. The van der Waals surface area contributed by atoms with Crippen molar-refractivity contribution < 1.29 is 9.53 Å². The third kappa shape index (κ3) is 4.13. The Morgan fingerprint density at radius 3 is 2.76 bits per heavy atom. The van der Waals surface area contributed by atoms with Gasteiger partial charge in [-0.1, -0.05) is 6.07 Å². The predicted molar refractivity (Wildman–Crippen MR) is 92.2 cm³/mol. The van der Waals surface area contributed by atoms with Crippen LogP contribution in [0.1, 0.15) is 40.2 Å². The van der Waals surface area contributed by atoms with E-state index in [1.165, 1.54) is 0 Å². The van der Waals surface area contributed by atoms with Gasteiger partial charge in [0, 0.05) is 23.5 Å². The zero-order chi connectivity index (χ0) is 17.8. The first-order valence-corrected chi connectivity index (χ1v) is 8.33. The summed E-state index contributed by atoms with van der Waals surface area (Å²) in [6.45, 7) is 4.98. The van der Waals surface area contributed by atoms with Gasteiger partial charge in [-0.15, -0.1) is 0 Å². The van der Waals surface area contributed by atoms with Crippen molar-refractivity contribution in [3.8, 4) is 12.1 Å². The van der Waals surface area contributed by atoms with E-state index in [0.717, 1.165) is 24.2 Å². The molecular weight excluding hydrogens is 316 g/mol. The Bertz CT molecular complexity index is 808. The SMILES string of the molecule is Cc1cc(C)nc(OC2CCCN(C(=O)c3cccc(C#N)c3)C2)n1. The number of carbonyl (C=O) groups is 1. The number of aryl methyl sites for hydroxylation is 2. The fourth-order valence-corrected chi connectivity index (χ4v) is 3.02. The summed E-state index contributed by atoms with van der Waals surface area (Å²) in [5.74, 6) is -0.0771. The molecule has 0 N–H and O–H groups in total. The van der Waals surface area contributed by atoms with E-state index < -0.39 is 0 Å². The van der Waals surface area contributed by atoms with Crippen LogP contribution >= 0.6 is 0 Å². The van der Waals surface area contributed by atoms with E-state index >= 15 is 0 Å². The number of nitrogens with zero attached hydrogens (tertiary/aromatic N) is 4. The number of rotatable bonds is 3. The number of amides is 1. The number of likely N-dealkylation sites (tertiary alicyclic amines) is 1. The normalized spacial score (nSPS) is 17.0. The summed E-state index contributed by atoms with van der Waals surface area (Å²) in [5, 5.41) is 9.00. The van der Waals surface area contributed by atoms with Gasteiger partial charge in [0.15, 0.2) is 0 Å². The zero-order valence-corrected chi connectivity index (χ0v) is 14.4. The Hall–Kier alpha value is -2.94. The average Bonchev–Trinajstić information content (AvgIpc) is 2.60. The second kappa shape index (κ2) is 7.31. The molecule has 6 nitrogen and oxygen atoms in total. The summed E-state index contributed by atoms with van der Waals surface area (Å²) in [5.41, 5.74) is 2.74. The van der Waals surface area contributed by atoms with Crippen molar-refractivity contribution in [2.75, 3.05) is 13.1 Å². The number of nitriles is 1. The molecule has 0 saturated carbocycles. The van der Waals surface area contributed by atoms with Crippen LogP contribution in [0.3, 0.4) is 0 Å². The van der Waals surface area contributed by atoms with Gasteiger partial charge in [-0.3, -0.25) is 4.79 Å². The molecule has 1 aliphatic heterocycles. The summed E-state index contributed by atoms with van der Waals surface area (Å²) in [6, 6.07) is 11.1. The van der Waals surface area contributed by atoms with E-state index in [1.807, 2.05) is 19.9 Å². The number of hydrogen-bond acceptors (Lipinski definition) is 5. The average molecular weight is 336 g/mol. The molecule has 25 heavy (non-hydrogen) atoms. The van der Waals surface area contributed by atoms with Crippen LogP contribution < -0.4 is 4.74 Å². The summed E-state index contributed by atoms with van der Waals surface area (Å²) in [6.07, 6.45) is 1.59. The molecule has 1 atom stereocenters. The molecule has 1 fully saturated rings. The molecule has 0 spiro atoms. The van der Waals surface area contributed by atoms with E-state index in [9.17, 15) is 4.79 Å². The molecule has 1 aromatic heterocycles. The van der Waals surface area contributed by atoms with Gasteiger partial charge in [0.25, 0.3) is 5.91 Å². The summed E-state index contributed by atoms with van der Waals surface area (Å²) in [4.78, 5) is 23.1. The van der Waals surface area contributed by atoms with Crippen molar-refractivity contribution in [3.63, 3.8) is 0 Å². The maximum atomic E-state index is 12.7. The highest BCUT2D eigenvalue weighted by atomic mass is 16.5. The lowest BCUT2D eigenvalue weighted by molar-refractivity contribution is 0.0515. The molecule has 1 unspecified atom stereocenters. The van der Waals surface area contributed by atoms with E-state index in [0.29, 0.717) is 30.2 Å². The number of piperidine rings is 1. The Balaban J connectivity index is 1.70. The highest BCUT2D eigenvalue weighted by Crippen LogP contribution is 2.18. The number of benzene rings is 1. The molecule has 0 radical (unpaired) electrons. The molecule has 0 aliphatic carbocycles. The molecule has 2 aromatic rings. The Morgan fingerprint density at radius 2 is 2.04 bits per heavy atom.